The Hall–Kier alpha value is -0.360. The molecule has 0 saturated heterocycles. The molecule has 106 valence electrons. The fourth-order valence-electron chi connectivity index (χ4n) is 0.983. The quantitative estimate of drug-likeness (QED) is 0.388. The van der Waals surface area contributed by atoms with Gasteiger partial charge in [0.15, 0.2) is 0 Å². The van der Waals surface area contributed by atoms with Gasteiger partial charge < -0.3 is 9.47 Å². The van der Waals surface area contributed by atoms with Crippen LogP contribution in [0.2, 0.25) is 0 Å². The lowest BCUT2D eigenvalue weighted by molar-refractivity contribution is -0.149. The Morgan fingerprint density at radius 1 is 0.889 bits per heavy atom. The maximum absolute atomic E-state index is 11.3. The van der Waals surface area contributed by atoms with Crippen LogP contribution in [0.25, 0.3) is 0 Å². The predicted molar refractivity (Wildman–Crippen MR) is 77.2 cm³/mol. The van der Waals surface area contributed by atoms with Crippen molar-refractivity contribution in [2.24, 2.45) is 11.8 Å². The van der Waals surface area contributed by atoms with Gasteiger partial charge in [0.05, 0.1) is 25.0 Å². The molecule has 0 bridgehead atoms. The van der Waals surface area contributed by atoms with Crippen LogP contribution >= 0.6 is 25.3 Å². The number of esters is 2. The number of ether oxygens (including phenoxy) is 2. The first-order valence-corrected chi connectivity index (χ1v) is 7.34. The topological polar surface area (TPSA) is 52.6 Å². The third-order valence-corrected chi connectivity index (χ3v) is 3.48. The summed E-state index contributed by atoms with van der Waals surface area (Å²) >= 11 is 8.04. The maximum Gasteiger partial charge on any atom is 0.309 e. The molecule has 0 saturated carbocycles. The van der Waals surface area contributed by atoms with E-state index in [4.69, 9.17) is 9.47 Å². The van der Waals surface area contributed by atoms with Gasteiger partial charge in [-0.1, -0.05) is 13.8 Å². The van der Waals surface area contributed by atoms with Crippen LogP contribution in [-0.2, 0) is 19.1 Å². The van der Waals surface area contributed by atoms with Gasteiger partial charge in [0, 0.05) is 11.5 Å². The van der Waals surface area contributed by atoms with Crippen LogP contribution in [-0.4, -0.2) is 36.7 Å². The molecule has 18 heavy (non-hydrogen) atoms. The Bertz CT molecular complexity index is 232. The molecule has 2 unspecified atom stereocenters. The molecule has 0 aliphatic carbocycles. The van der Waals surface area contributed by atoms with Crippen molar-refractivity contribution in [2.45, 2.75) is 26.7 Å². The molecule has 0 aromatic carbocycles. The van der Waals surface area contributed by atoms with Crippen molar-refractivity contribution in [1.29, 1.82) is 0 Å². The van der Waals surface area contributed by atoms with E-state index in [0.717, 1.165) is 0 Å². The van der Waals surface area contributed by atoms with Gasteiger partial charge in [-0.15, -0.1) is 0 Å². The van der Waals surface area contributed by atoms with Crippen molar-refractivity contribution < 1.29 is 19.1 Å². The van der Waals surface area contributed by atoms with Crippen LogP contribution in [0.5, 0.6) is 0 Å². The Kier molecular flexibility index (Phi) is 10.3. The second kappa shape index (κ2) is 10.6. The minimum Gasteiger partial charge on any atom is -0.465 e. The molecule has 0 aromatic heterocycles. The molecule has 0 N–H and O–H groups in total. The molecular weight excluding hydrogens is 272 g/mol. The van der Waals surface area contributed by atoms with E-state index < -0.39 is 0 Å². The zero-order valence-corrected chi connectivity index (χ0v) is 12.7. The lowest BCUT2D eigenvalue weighted by Crippen LogP contribution is -2.18. The first-order valence-electron chi connectivity index (χ1n) is 6.07. The van der Waals surface area contributed by atoms with E-state index in [0.29, 0.717) is 37.6 Å². The monoisotopic (exact) mass is 294 g/mol. The van der Waals surface area contributed by atoms with Gasteiger partial charge in [0.25, 0.3) is 0 Å². The number of carbonyl (C=O) groups excluding carboxylic acids is 2. The van der Waals surface area contributed by atoms with Crippen molar-refractivity contribution in [2.75, 3.05) is 24.7 Å². The minimum atomic E-state index is -0.231. The maximum atomic E-state index is 11.3. The zero-order valence-electron chi connectivity index (χ0n) is 10.9. The summed E-state index contributed by atoms with van der Waals surface area (Å²) in [6.07, 6.45) is 1.38. The van der Waals surface area contributed by atoms with Gasteiger partial charge >= 0.3 is 11.9 Å². The normalized spacial score (nSPS) is 13.8. The molecule has 0 aliphatic heterocycles. The highest BCUT2D eigenvalue weighted by molar-refractivity contribution is 7.80. The molecule has 6 heteroatoms. The van der Waals surface area contributed by atoms with Crippen molar-refractivity contribution in [3.63, 3.8) is 0 Å². The number of thiol groups is 2. The molecule has 2 atom stereocenters. The van der Waals surface area contributed by atoms with Gasteiger partial charge in [-0.3, -0.25) is 9.59 Å². The first kappa shape index (κ1) is 17.6. The Balaban J connectivity index is 3.47. The van der Waals surface area contributed by atoms with Crippen LogP contribution in [0.1, 0.15) is 26.7 Å². The molecule has 0 amide bonds. The summed E-state index contributed by atoms with van der Waals surface area (Å²) in [6.45, 7) is 4.26. The average Bonchev–Trinajstić information content (AvgIpc) is 2.39. The highest BCUT2D eigenvalue weighted by Gasteiger charge is 2.13. The molecule has 0 rings (SSSR count). The Morgan fingerprint density at radius 2 is 1.22 bits per heavy atom. The summed E-state index contributed by atoms with van der Waals surface area (Å²) in [5.41, 5.74) is 0. The summed E-state index contributed by atoms with van der Waals surface area (Å²) in [4.78, 5) is 22.6. The van der Waals surface area contributed by atoms with Gasteiger partial charge in [-0.05, 0) is 12.8 Å². The molecule has 0 radical (unpaired) electrons. The summed E-state index contributed by atoms with van der Waals surface area (Å²) in [7, 11) is 0. The summed E-state index contributed by atoms with van der Waals surface area (Å²) < 4.78 is 10.1. The molecule has 0 aromatic rings. The van der Waals surface area contributed by atoms with Crippen molar-refractivity contribution in [3.8, 4) is 0 Å². The van der Waals surface area contributed by atoms with E-state index in [9.17, 15) is 9.59 Å². The van der Waals surface area contributed by atoms with Crippen LogP contribution in [0.4, 0.5) is 0 Å². The SMILES string of the molecule is CC(CS)C(=O)OCCCCOC(=O)C(C)CS. The lowest BCUT2D eigenvalue weighted by Gasteiger charge is -2.10. The smallest absolute Gasteiger partial charge is 0.309 e. The predicted octanol–water partition coefficient (Wildman–Crippen LogP) is 1.98. The molecule has 0 fully saturated rings. The van der Waals surface area contributed by atoms with Gasteiger partial charge in [-0.2, -0.15) is 25.3 Å². The third kappa shape index (κ3) is 7.87. The zero-order chi connectivity index (χ0) is 14.0. The number of rotatable bonds is 9. The van der Waals surface area contributed by atoms with Crippen molar-refractivity contribution >= 4 is 37.2 Å². The first-order chi connectivity index (χ1) is 8.52. The number of unbranched alkanes of at least 4 members (excludes halogenated alkanes) is 1. The standard InChI is InChI=1S/C12H22O4S2/c1-9(7-17)11(13)15-5-3-4-6-16-12(14)10(2)8-18/h9-10,17-18H,3-8H2,1-2H3. The fourth-order valence-corrected chi connectivity index (χ4v) is 1.28. The number of hydrogen-bond acceptors (Lipinski definition) is 6. The van der Waals surface area contributed by atoms with Crippen LogP contribution in [0, 0.1) is 11.8 Å². The number of hydrogen-bond donors (Lipinski definition) is 2. The Morgan fingerprint density at radius 3 is 1.50 bits per heavy atom. The summed E-state index contributed by atoms with van der Waals surface area (Å²) in [6, 6.07) is 0. The molecule has 0 heterocycles. The minimum absolute atomic E-state index is 0.178. The van der Waals surface area contributed by atoms with E-state index in [1.165, 1.54) is 0 Å². The second-order valence-electron chi connectivity index (χ2n) is 4.21. The van der Waals surface area contributed by atoms with E-state index in [2.05, 4.69) is 25.3 Å². The van der Waals surface area contributed by atoms with Crippen molar-refractivity contribution in [3.05, 3.63) is 0 Å². The fraction of sp³-hybridized carbons (Fsp3) is 0.833. The van der Waals surface area contributed by atoms with Crippen LogP contribution < -0.4 is 0 Å². The van der Waals surface area contributed by atoms with E-state index >= 15 is 0 Å². The second-order valence-corrected chi connectivity index (χ2v) is 4.94. The highest BCUT2D eigenvalue weighted by atomic mass is 32.1. The van der Waals surface area contributed by atoms with E-state index in [-0.39, 0.29) is 23.8 Å². The molecule has 0 spiro atoms. The number of carbonyl (C=O) groups is 2. The van der Waals surface area contributed by atoms with Crippen molar-refractivity contribution in [1.82, 2.24) is 0 Å². The molecular formula is C12H22O4S2. The van der Waals surface area contributed by atoms with E-state index in [1.807, 2.05) is 0 Å². The van der Waals surface area contributed by atoms with Crippen LogP contribution in [0.15, 0.2) is 0 Å². The van der Waals surface area contributed by atoms with Gasteiger partial charge in [0.1, 0.15) is 0 Å². The third-order valence-electron chi connectivity index (χ3n) is 2.38. The average molecular weight is 294 g/mol. The van der Waals surface area contributed by atoms with Gasteiger partial charge in [0.2, 0.25) is 0 Å². The Labute approximate surface area is 120 Å². The lowest BCUT2D eigenvalue weighted by atomic mass is 10.2. The van der Waals surface area contributed by atoms with Gasteiger partial charge in [-0.25, -0.2) is 0 Å². The molecule has 0 aliphatic rings. The summed E-state index contributed by atoms with van der Waals surface area (Å²) in [5.74, 6) is 0.150. The van der Waals surface area contributed by atoms with E-state index in [1.54, 1.807) is 13.8 Å². The molecule has 4 nitrogen and oxygen atoms in total. The van der Waals surface area contributed by atoms with Crippen LogP contribution in [0.3, 0.4) is 0 Å². The highest BCUT2D eigenvalue weighted by Crippen LogP contribution is 2.04. The summed E-state index contributed by atoms with van der Waals surface area (Å²) in [5, 5.41) is 0. The largest absolute Gasteiger partial charge is 0.465 e.